The molecule has 0 bridgehead atoms. The summed E-state index contributed by atoms with van der Waals surface area (Å²) in [6.07, 6.45) is 5.50. The van der Waals surface area contributed by atoms with Crippen LogP contribution in [0.1, 0.15) is 36.3 Å². The van der Waals surface area contributed by atoms with Gasteiger partial charge in [-0.05, 0) is 33.1 Å². The van der Waals surface area contributed by atoms with Crippen molar-refractivity contribution in [3.05, 3.63) is 29.7 Å². The molecule has 0 spiro atoms. The zero-order valence-electron chi connectivity index (χ0n) is 14.3. The lowest BCUT2D eigenvalue weighted by Gasteiger charge is -2.50. The highest BCUT2D eigenvalue weighted by molar-refractivity contribution is 5.20. The van der Waals surface area contributed by atoms with Gasteiger partial charge in [-0.15, -0.1) is 6.58 Å². The zero-order chi connectivity index (χ0) is 16.3. The second kappa shape index (κ2) is 7.16. The minimum Gasteiger partial charge on any atom is -0.377 e. The van der Waals surface area contributed by atoms with Crippen LogP contribution in [0, 0.1) is 19.3 Å². The summed E-state index contributed by atoms with van der Waals surface area (Å²) in [6, 6.07) is 0. The van der Waals surface area contributed by atoms with E-state index < -0.39 is 0 Å². The molecule has 5 heteroatoms. The number of piperidine rings is 1. The molecule has 0 aliphatic carbocycles. The van der Waals surface area contributed by atoms with Gasteiger partial charge in [0.25, 0.3) is 0 Å². The maximum absolute atomic E-state index is 6.08. The lowest BCUT2D eigenvalue weighted by molar-refractivity contribution is -0.152. The van der Waals surface area contributed by atoms with Crippen LogP contribution in [0.25, 0.3) is 0 Å². The Morgan fingerprint density at radius 1 is 1.48 bits per heavy atom. The van der Waals surface area contributed by atoms with Gasteiger partial charge in [-0.3, -0.25) is 4.90 Å². The second-order valence-corrected chi connectivity index (χ2v) is 6.93. The molecule has 1 aromatic heterocycles. The molecule has 3 rings (SSSR count). The first-order chi connectivity index (χ1) is 11.1. The second-order valence-electron chi connectivity index (χ2n) is 6.93. The Balaban J connectivity index is 1.71. The highest BCUT2D eigenvalue weighted by Crippen LogP contribution is 2.41. The summed E-state index contributed by atoms with van der Waals surface area (Å²) in [5.74, 6) is 0.932. The summed E-state index contributed by atoms with van der Waals surface area (Å²) in [5, 5.41) is 4.08. The first-order valence-corrected chi connectivity index (χ1v) is 8.59. The number of fused-ring (bicyclic) bond motifs is 1. The third-order valence-electron chi connectivity index (χ3n) is 5.26. The molecule has 5 nitrogen and oxygen atoms in total. The van der Waals surface area contributed by atoms with Crippen LogP contribution in [0.3, 0.4) is 0 Å². The summed E-state index contributed by atoms with van der Waals surface area (Å²) in [6.45, 7) is 13.0. The number of hydrogen-bond acceptors (Lipinski definition) is 5. The molecule has 2 aliphatic heterocycles. The van der Waals surface area contributed by atoms with Crippen molar-refractivity contribution in [1.29, 1.82) is 0 Å². The van der Waals surface area contributed by atoms with E-state index in [1.165, 1.54) is 12.0 Å². The number of aromatic nitrogens is 1. The molecule has 0 unspecified atom stereocenters. The lowest BCUT2D eigenvalue weighted by Crippen LogP contribution is -2.56. The van der Waals surface area contributed by atoms with Crippen molar-refractivity contribution in [3.8, 4) is 0 Å². The van der Waals surface area contributed by atoms with Crippen molar-refractivity contribution in [2.75, 3.05) is 32.9 Å². The van der Waals surface area contributed by atoms with Gasteiger partial charge in [0.1, 0.15) is 5.76 Å². The maximum atomic E-state index is 6.08. The van der Waals surface area contributed by atoms with Crippen LogP contribution in [-0.2, 0) is 16.0 Å². The predicted octanol–water partition coefficient (Wildman–Crippen LogP) is 2.87. The van der Waals surface area contributed by atoms with Gasteiger partial charge >= 0.3 is 0 Å². The van der Waals surface area contributed by atoms with E-state index in [2.05, 4.69) is 16.6 Å². The van der Waals surface area contributed by atoms with Crippen LogP contribution in [0.4, 0.5) is 0 Å². The molecule has 1 aromatic rings. The number of likely N-dealkylation sites (tertiary alicyclic amines) is 1. The Bertz CT molecular complexity index is 523. The Kier molecular flexibility index (Phi) is 5.19. The van der Waals surface area contributed by atoms with Crippen LogP contribution in [-0.4, -0.2) is 49.1 Å². The normalized spacial score (nSPS) is 28.5. The number of rotatable bonds is 6. The molecule has 23 heavy (non-hydrogen) atoms. The monoisotopic (exact) mass is 320 g/mol. The fraction of sp³-hybridized carbons (Fsp3) is 0.722. The van der Waals surface area contributed by atoms with Crippen molar-refractivity contribution >= 4 is 0 Å². The first kappa shape index (κ1) is 16.7. The van der Waals surface area contributed by atoms with Gasteiger partial charge in [0.2, 0.25) is 0 Å². The van der Waals surface area contributed by atoms with Crippen molar-refractivity contribution in [1.82, 2.24) is 10.1 Å². The minimum absolute atomic E-state index is 0.110. The van der Waals surface area contributed by atoms with E-state index in [4.69, 9.17) is 14.0 Å². The number of ether oxygens (including phenoxy) is 2. The molecule has 2 atom stereocenters. The fourth-order valence-electron chi connectivity index (χ4n) is 4.02. The smallest absolute Gasteiger partial charge is 0.138 e. The van der Waals surface area contributed by atoms with Crippen LogP contribution < -0.4 is 0 Å². The van der Waals surface area contributed by atoms with Crippen molar-refractivity contribution in [2.45, 2.75) is 45.8 Å². The number of hydrogen-bond donors (Lipinski definition) is 0. The van der Waals surface area contributed by atoms with Gasteiger partial charge in [0.05, 0.1) is 25.0 Å². The molecule has 0 N–H and O–H groups in total. The first-order valence-electron chi connectivity index (χ1n) is 8.59. The molecule has 3 heterocycles. The van der Waals surface area contributed by atoms with Gasteiger partial charge in [-0.25, -0.2) is 0 Å². The van der Waals surface area contributed by atoms with Crippen molar-refractivity contribution in [3.63, 3.8) is 0 Å². The van der Waals surface area contributed by atoms with Crippen LogP contribution in [0.15, 0.2) is 17.2 Å². The number of aryl methyl sites for hydroxylation is 2. The van der Waals surface area contributed by atoms with E-state index in [0.717, 1.165) is 57.1 Å². The third kappa shape index (κ3) is 3.52. The predicted molar refractivity (Wildman–Crippen MR) is 88.3 cm³/mol. The lowest BCUT2D eigenvalue weighted by atomic mass is 9.73. The molecule has 0 saturated carbocycles. The largest absolute Gasteiger partial charge is 0.377 e. The molecule has 0 aromatic carbocycles. The zero-order valence-corrected chi connectivity index (χ0v) is 14.3. The quantitative estimate of drug-likeness (QED) is 0.596. The van der Waals surface area contributed by atoms with E-state index in [9.17, 15) is 0 Å². The van der Waals surface area contributed by atoms with Crippen molar-refractivity contribution in [2.24, 2.45) is 5.41 Å². The summed E-state index contributed by atoms with van der Waals surface area (Å²) >= 11 is 0. The molecular weight excluding hydrogens is 292 g/mol. The van der Waals surface area contributed by atoms with E-state index >= 15 is 0 Å². The van der Waals surface area contributed by atoms with Crippen molar-refractivity contribution < 1.29 is 14.0 Å². The Hall–Kier alpha value is -1.17. The van der Waals surface area contributed by atoms with Gasteiger partial charge in [0.15, 0.2) is 0 Å². The molecule has 2 saturated heterocycles. The Morgan fingerprint density at radius 3 is 3.09 bits per heavy atom. The van der Waals surface area contributed by atoms with Gasteiger partial charge < -0.3 is 14.0 Å². The molecule has 128 valence electrons. The minimum atomic E-state index is 0.110. The fourth-order valence-corrected chi connectivity index (χ4v) is 4.02. The van der Waals surface area contributed by atoms with E-state index in [1.54, 1.807) is 0 Å². The summed E-state index contributed by atoms with van der Waals surface area (Å²) in [7, 11) is 0. The highest BCUT2D eigenvalue weighted by Gasteiger charge is 2.46. The van der Waals surface area contributed by atoms with Crippen LogP contribution in [0.5, 0.6) is 0 Å². The van der Waals surface area contributed by atoms with Crippen LogP contribution in [0.2, 0.25) is 0 Å². The highest BCUT2D eigenvalue weighted by atomic mass is 16.5. The van der Waals surface area contributed by atoms with Gasteiger partial charge in [-0.2, -0.15) is 0 Å². The summed E-state index contributed by atoms with van der Waals surface area (Å²) in [4.78, 5) is 2.51. The van der Waals surface area contributed by atoms with E-state index in [0.29, 0.717) is 12.7 Å². The molecule has 0 amide bonds. The maximum Gasteiger partial charge on any atom is 0.138 e. The average molecular weight is 320 g/mol. The van der Waals surface area contributed by atoms with Crippen LogP contribution >= 0.6 is 0 Å². The summed E-state index contributed by atoms with van der Waals surface area (Å²) < 4.78 is 17.3. The molecule has 2 aliphatic rings. The third-order valence-corrected chi connectivity index (χ3v) is 5.26. The SMILES string of the molecule is C=CCOC[C@]12CCCO[C@@H]1CCN(Cc1c(C)noc1C)C2. The van der Waals surface area contributed by atoms with Gasteiger partial charge in [0, 0.05) is 37.2 Å². The molecular formula is C18H28N2O3. The number of nitrogens with zero attached hydrogens (tertiary/aromatic N) is 2. The van der Waals surface area contributed by atoms with E-state index in [1.807, 2.05) is 19.9 Å². The average Bonchev–Trinajstić information content (AvgIpc) is 2.87. The topological polar surface area (TPSA) is 47.7 Å². The standard InChI is InChI=1S/C18H28N2O3/c1-4-9-21-13-18-7-5-10-22-17(18)6-8-20(12-18)11-16-14(2)19-23-15(16)3/h4,17H,1,5-13H2,2-3H3/t17-,18-/m1/s1. The molecule has 2 fully saturated rings. The Morgan fingerprint density at radius 2 is 2.35 bits per heavy atom. The molecule has 0 radical (unpaired) electrons. The summed E-state index contributed by atoms with van der Waals surface area (Å²) in [5.41, 5.74) is 2.34. The van der Waals surface area contributed by atoms with E-state index in [-0.39, 0.29) is 5.41 Å². The Labute approximate surface area is 138 Å². The van der Waals surface area contributed by atoms with Gasteiger partial charge in [-0.1, -0.05) is 11.2 Å².